The van der Waals surface area contributed by atoms with Gasteiger partial charge in [0.25, 0.3) is 0 Å². The lowest BCUT2D eigenvalue weighted by Crippen LogP contribution is -1.93. The second kappa shape index (κ2) is 8.31. The van der Waals surface area contributed by atoms with E-state index in [0.29, 0.717) is 5.56 Å². The molecule has 0 aliphatic carbocycles. The fourth-order valence-electron chi connectivity index (χ4n) is 4.63. The van der Waals surface area contributed by atoms with Crippen molar-refractivity contribution in [2.24, 2.45) is 0 Å². The first-order valence-electron chi connectivity index (χ1n) is 11.3. The lowest BCUT2D eigenvalue weighted by atomic mass is 9.91. The van der Waals surface area contributed by atoms with Crippen molar-refractivity contribution < 1.29 is 0 Å². The van der Waals surface area contributed by atoms with Gasteiger partial charge in [-0.2, -0.15) is 5.26 Å². The zero-order valence-corrected chi connectivity index (χ0v) is 18.4. The highest BCUT2D eigenvalue weighted by molar-refractivity contribution is 6.16. The van der Waals surface area contributed by atoms with Crippen LogP contribution in [0.2, 0.25) is 0 Å². The number of nitriles is 1. The van der Waals surface area contributed by atoms with Crippen molar-refractivity contribution >= 4 is 21.7 Å². The molecule has 5 aromatic carbocycles. The molecule has 0 saturated heterocycles. The molecular formula is C32H20N2. The number of pyridine rings is 1. The third-order valence-corrected chi connectivity index (χ3v) is 6.30. The maximum absolute atomic E-state index is 9.28. The molecule has 0 radical (unpaired) electrons. The van der Waals surface area contributed by atoms with Gasteiger partial charge in [0.1, 0.15) is 0 Å². The fraction of sp³-hybridized carbons (Fsp3) is 0. The van der Waals surface area contributed by atoms with Crippen LogP contribution in [0.5, 0.6) is 0 Å². The van der Waals surface area contributed by atoms with E-state index in [2.05, 4.69) is 78.9 Å². The number of nitrogens with zero attached hydrogens (tertiary/aromatic N) is 2. The zero-order chi connectivity index (χ0) is 22.9. The summed E-state index contributed by atoms with van der Waals surface area (Å²) in [7, 11) is 0. The summed E-state index contributed by atoms with van der Waals surface area (Å²) >= 11 is 0. The lowest BCUT2D eigenvalue weighted by molar-refractivity contribution is 1.41. The third-order valence-electron chi connectivity index (χ3n) is 6.30. The predicted octanol–water partition coefficient (Wildman–Crippen LogP) is 8.26. The molecule has 1 aromatic heterocycles. The van der Waals surface area contributed by atoms with Crippen molar-refractivity contribution in [1.82, 2.24) is 4.98 Å². The van der Waals surface area contributed by atoms with E-state index in [1.54, 1.807) is 0 Å². The van der Waals surface area contributed by atoms with Crippen molar-refractivity contribution in [2.45, 2.75) is 0 Å². The molecule has 2 heteroatoms. The summed E-state index contributed by atoms with van der Waals surface area (Å²) in [5.41, 5.74) is 8.19. The van der Waals surface area contributed by atoms with Gasteiger partial charge in [-0.25, -0.2) is 4.98 Å². The van der Waals surface area contributed by atoms with Crippen molar-refractivity contribution in [3.05, 3.63) is 127 Å². The summed E-state index contributed by atoms with van der Waals surface area (Å²) in [5, 5.41) is 12.7. The van der Waals surface area contributed by atoms with Gasteiger partial charge in [0.15, 0.2) is 0 Å². The van der Waals surface area contributed by atoms with E-state index in [4.69, 9.17) is 4.98 Å². The molecule has 0 bridgehead atoms. The summed E-state index contributed by atoms with van der Waals surface area (Å²) < 4.78 is 0. The number of fused-ring (bicyclic) bond motifs is 3. The number of rotatable bonds is 3. The van der Waals surface area contributed by atoms with Gasteiger partial charge in [0.05, 0.1) is 22.8 Å². The molecular weight excluding hydrogens is 412 g/mol. The van der Waals surface area contributed by atoms with Gasteiger partial charge < -0.3 is 0 Å². The Morgan fingerprint density at radius 3 is 1.74 bits per heavy atom. The van der Waals surface area contributed by atoms with Crippen LogP contribution >= 0.6 is 0 Å². The maximum atomic E-state index is 9.28. The molecule has 158 valence electrons. The molecule has 0 saturated carbocycles. The second-order valence-electron chi connectivity index (χ2n) is 8.34. The Kier molecular flexibility index (Phi) is 4.87. The Hall–Kier alpha value is -4.74. The molecule has 0 N–H and O–H groups in total. The Labute approximate surface area is 198 Å². The van der Waals surface area contributed by atoms with Crippen LogP contribution in [0, 0.1) is 11.3 Å². The van der Waals surface area contributed by atoms with Gasteiger partial charge >= 0.3 is 0 Å². The monoisotopic (exact) mass is 432 g/mol. The van der Waals surface area contributed by atoms with E-state index >= 15 is 0 Å². The number of hydrogen-bond donors (Lipinski definition) is 0. The minimum atomic E-state index is 0.654. The molecule has 0 amide bonds. The predicted molar refractivity (Wildman–Crippen MR) is 140 cm³/mol. The van der Waals surface area contributed by atoms with Crippen molar-refractivity contribution in [3.8, 4) is 39.6 Å². The van der Waals surface area contributed by atoms with E-state index in [1.807, 2.05) is 48.5 Å². The van der Waals surface area contributed by atoms with Crippen LogP contribution < -0.4 is 0 Å². The Bertz CT molecular complexity index is 1680. The molecule has 6 rings (SSSR count). The minimum absolute atomic E-state index is 0.654. The molecule has 0 spiro atoms. The number of hydrogen-bond acceptors (Lipinski definition) is 2. The normalized spacial score (nSPS) is 10.9. The molecule has 6 aromatic rings. The Morgan fingerprint density at radius 2 is 1.06 bits per heavy atom. The standard InChI is InChI=1S/C32H20N2/c33-21-22-15-17-24(18-16-22)29-20-31(25-11-5-2-6-12-25)34-32-27-14-8-7-13-26(27)28(19-30(29)32)23-9-3-1-4-10-23/h1-20H. The first-order valence-corrected chi connectivity index (χ1v) is 11.3. The van der Waals surface area contributed by atoms with Gasteiger partial charge in [-0.3, -0.25) is 0 Å². The van der Waals surface area contributed by atoms with Crippen LogP contribution in [0.4, 0.5) is 0 Å². The van der Waals surface area contributed by atoms with Gasteiger partial charge in [-0.1, -0.05) is 97.1 Å². The van der Waals surface area contributed by atoms with Crippen LogP contribution in [-0.4, -0.2) is 4.98 Å². The summed E-state index contributed by atoms with van der Waals surface area (Å²) in [4.78, 5) is 5.18. The van der Waals surface area contributed by atoms with Gasteiger partial charge in [-0.05, 0) is 51.9 Å². The molecule has 2 nitrogen and oxygen atoms in total. The summed E-state index contributed by atoms with van der Waals surface area (Å²) in [6, 6.07) is 43.8. The molecule has 34 heavy (non-hydrogen) atoms. The number of benzene rings is 5. The molecule has 1 heterocycles. The first kappa shape index (κ1) is 19.9. The highest BCUT2D eigenvalue weighted by Gasteiger charge is 2.15. The van der Waals surface area contributed by atoms with Crippen LogP contribution in [0.15, 0.2) is 121 Å². The SMILES string of the molecule is N#Cc1ccc(-c2cc(-c3ccccc3)nc3c2cc(-c2ccccc2)c2ccccc23)cc1. The largest absolute Gasteiger partial charge is 0.247 e. The Morgan fingerprint density at radius 1 is 0.500 bits per heavy atom. The van der Waals surface area contributed by atoms with Gasteiger partial charge in [-0.15, -0.1) is 0 Å². The van der Waals surface area contributed by atoms with Crippen LogP contribution in [-0.2, 0) is 0 Å². The molecule has 0 aliphatic rings. The highest BCUT2D eigenvalue weighted by Crippen LogP contribution is 2.40. The van der Waals surface area contributed by atoms with Crippen molar-refractivity contribution in [1.29, 1.82) is 5.26 Å². The zero-order valence-electron chi connectivity index (χ0n) is 18.4. The minimum Gasteiger partial charge on any atom is -0.247 e. The quantitative estimate of drug-likeness (QED) is 0.264. The maximum Gasteiger partial charge on any atom is 0.0991 e. The lowest BCUT2D eigenvalue weighted by Gasteiger charge is -2.16. The van der Waals surface area contributed by atoms with Crippen molar-refractivity contribution in [2.75, 3.05) is 0 Å². The third kappa shape index (κ3) is 3.41. The van der Waals surface area contributed by atoms with Gasteiger partial charge in [0, 0.05) is 16.3 Å². The van der Waals surface area contributed by atoms with E-state index < -0.39 is 0 Å². The smallest absolute Gasteiger partial charge is 0.0991 e. The molecule has 0 unspecified atom stereocenters. The molecule has 0 fully saturated rings. The number of aromatic nitrogens is 1. The van der Waals surface area contributed by atoms with E-state index in [-0.39, 0.29) is 0 Å². The summed E-state index contributed by atoms with van der Waals surface area (Å²) in [6.45, 7) is 0. The molecule has 0 atom stereocenters. The molecule has 0 aliphatic heterocycles. The van der Waals surface area contributed by atoms with Crippen LogP contribution in [0.1, 0.15) is 5.56 Å². The van der Waals surface area contributed by atoms with Gasteiger partial charge in [0.2, 0.25) is 0 Å². The summed E-state index contributed by atoms with van der Waals surface area (Å²) in [5.74, 6) is 0. The van der Waals surface area contributed by atoms with E-state index in [9.17, 15) is 5.26 Å². The van der Waals surface area contributed by atoms with Crippen molar-refractivity contribution in [3.63, 3.8) is 0 Å². The Balaban J connectivity index is 1.74. The van der Waals surface area contributed by atoms with E-state index in [1.165, 1.54) is 16.5 Å². The summed E-state index contributed by atoms with van der Waals surface area (Å²) in [6.07, 6.45) is 0. The highest BCUT2D eigenvalue weighted by atomic mass is 14.7. The average Bonchev–Trinajstić information content (AvgIpc) is 2.93. The first-order chi connectivity index (χ1) is 16.8. The van der Waals surface area contributed by atoms with Crippen LogP contribution in [0.25, 0.3) is 55.2 Å². The van der Waals surface area contributed by atoms with Crippen LogP contribution in [0.3, 0.4) is 0 Å². The fourth-order valence-corrected chi connectivity index (χ4v) is 4.63. The second-order valence-corrected chi connectivity index (χ2v) is 8.34. The van der Waals surface area contributed by atoms with E-state index in [0.717, 1.165) is 38.7 Å². The average molecular weight is 433 g/mol. The topological polar surface area (TPSA) is 36.7 Å².